The molecular formula is C15H24FNO2. The molecule has 0 aliphatic carbocycles. The van der Waals surface area contributed by atoms with Gasteiger partial charge in [0.1, 0.15) is 5.82 Å². The number of hydrogen-bond acceptors (Lipinski definition) is 3. The molecule has 3 nitrogen and oxygen atoms in total. The molecule has 108 valence electrons. The predicted octanol–water partition coefficient (Wildman–Crippen LogP) is 2.44. The number of likely N-dealkylation sites (N-methyl/N-ethyl adjacent to an activating group) is 1. The van der Waals surface area contributed by atoms with E-state index in [9.17, 15) is 9.50 Å². The van der Waals surface area contributed by atoms with Crippen LogP contribution in [0.3, 0.4) is 0 Å². The molecule has 1 unspecified atom stereocenters. The molecule has 1 atom stereocenters. The molecule has 0 bridgehead atoms. The van der Waals surface area contributed by atoms with Crippen molar-refractivity contribution in [2.75, 3.05) is 26.8 Å². The standard InChI is InChI=1S/C15H24FNO2/c1-3-4-9-19-12-15(18)11-17(2)10-13-5-7-14(16)8-6-13/h5-8,15,18H,3-4,9-12H2,1-2H3. The monoisotopic (exact) mass is 269 g/mol. The highest BCUT2D eigenvalue weighted by atomic mass is 19.1. The summed E-state index contributed by atoms with van der Waals surface area (Å²) in [6.45, 7) is 4.41. The minimum Gasteiger partial charge on any atom is -0.389 e. The molecule has 4 heteroatoms. The Bertz CT molecular complexity index is 343. The average Bonchev–Trinajstić information content (AvgIpc) is 2.37. The molecule has 0 spiro atoms. The summed E-state index contributed by atoms with van der Waals surface area (Å²) >= 11 is 0. The molecule has 0 saturated heterocycles. The van der Waals surface area contributed by atoms with Gasteiger partial charge in [-0.05, 0) is 31.2 Å². The van der Waals surface area contributed by atoms with Gasteiger partial charge in [0.25, 0.3) is 0 Å². The van der Waals surface area contributed by atoms with Crippen LogP contribution >= 0.6 is 0 Å². The smallest absolute Gasteiger partial charge is 0.123 e. The summed E-state index contributed by atoms with van der Waals surface area (Å²) in [5.74, 6) is -0.226. The third kappa shape index (κ3) is 7.25. The van der Waals surface area contributed by atoms with Crippen LogP contribution in [0.1, 0.15) is 25.3 Å². The van der Waals surface area contributed by atoms with Crippen LogP contribution in [0.2, 0.25) is 0 Å². The van der Waals surface area contributed by atoms with E-state index in [-0.39, 0.29) is 5.82 Å². The lowest BCUT2D eigenvalue weighted by molar-refractivity contribution is 0.0188. The van der Waals surface area contributed by atoms with Crippen LogP contribution in [0, 0.1) is 5.82 Å². The lowest BCUT2D eigenvalue weighted by Gasteiger charge is -2.20. The van der Waals surface area contributed by atoms with Gasteiger partial charge in [0.2, 0.25) is 0 Å². The average molecular weight is 269 g/mol. The van der Waals surface area contributed by atoms with Gasteiger partial charge < -0.3 is 9.84 Å². The number of rotatable bonds is 9. The Kier molecular flexibility index (Phi) is 7.63. The molecule has 0 amide bonds. The number of aliphatic hydroxyl groups is 1. The largest absolute Gasteiger partial charge is 0.389 e. The first-order chi connectivity index (χ1) is 9.11. The van der Waals surface area contributed by atoms with Crippen LogP contribution < -0.4 is 0 Å². The number of hydrogen-bond donors (Lipinski definition) is 1. The molecule has 1 aromatic rings. The maximum atomic E-state index is 12.8. The highest BCUT2D eigenvalue weighted by molar-refractivity contribution is 5.15. The Morgan fingerprint density at radius 2 is 2.00 bits per heavy atom. The van der Waals surface area contributed by atoms with Gasteiger partial charge in [-0.25, -0.2) is 4.39 Å². The van der Waals surface area contributed by atoms with Gasteiger partial charge in [0.05, 0.1) is 12.7 Å². The van der Waals surface area contributed by atoms with E-state index >= 15 is 0 Å². The summed E-state index contributed by atoms with van der Waals surface area (Å²) in [7, 11) is 1.93. The van der Waals surface area contributed by atoms with Gasteiger partial charge in [-0.3, -0.25) is 4.90 Å². The normalized spacial score (nSPS) is 12.9. The van der Waals surface area contributed by atoms with Gasteiger partial charge in [-0.15, -0.1) is 0 Å². The zero-order valence-electron chi connectivity index (χ0n) is 11.8. The predicted molar refractivity (Wildman–Crippen MR) is 74.5 cm³/mol. The highest BCUT2D eigenvalue weighted by Gasteiger charge is 2.08. The first-order valence-electron chi connectivity index (χ1n) is 6.80. The van der Waals surface area contributed by atoms with Crippen molar-refractivity contribution in [3.63, 3.8) is 0 Å². The highest BCUT2D eigenvalue weighted by Crippen LogP contribution is 2.06. The van der Waals surface area contributed by atoms with Crippen molar-refractivity contribution in [1.82, 2.24) is 4.90 Å². The molecule has 1 rings (SSSR count). The molecule has 0 aliphatic heterocycles. The van der Waals surface area contributed by atoms with Crippen molar-refractivity contribution in [3.05, 3.63) is 35.6 Å². The fourth-order valence-electron chi connectivity index (χ4n) is 1.84. The first kappa shape index (κ1) is 16.1. The molecule has 0 aromatic heterocycles. The first-order valence-corrected chi connectivity index (χ1v) is 6.80. The van der Waals surface area contributed by atoms with E-state index in [1.807, 2.05) is 11.9 Å². The van der Waals surface area contributed by atoms with Gasteiger partial charge in [-0.1, -0.05) is 25.5 Å². The minimum absolute atomic E-state index is 0.226. The van der Waals surface area contributed by atoms with Crippen LogP contribution in [-0.4, -0.2) is 42.9 Å². The van der Waals surface area contributed by atoms with Crippen molar-refractivity contribution >= 4 is 0 Å². The molecule has 0 heterocycles. The van der Waals surface area contributed by atoms with Gasteiger partial charge in [0, 0.05) is 19.7 Å². The van der Waals surface area contributed by atoms with E-state index in [0.717, 1.165) is 18.4 Å². The summed E-state index contributed by atoms with van der Waals surface area (Å²) in [4.78, 5) is 2.00. The van der Waals surface area contributed by atoms with Crippen molar-refractivity contribution in [2.45, 2.75) is 32.4 Å². The quantitative estimate of drug-likeness (QED) is 0.699. The van der Waals surface area contributed by atoms with E-state index in [1.54, 1.807) is 12.1 Å². The van der Waals surface area contributed by atoms with Crippen molar-refractivity contribution in [2.24, 2.45) is 0 Å². The van der Waals surface area contributed by atoms with Crippen molar-refractivity contribution < 1.29 is 14.2 Å². The number of aliphatic hydroxyl groups excluding tert-OH is 1. The van der Waals surface area contributed by atoms with E-state index < -0.39 is 6.10 Å². The summed E-state index contributed by atoms with van der Waals surface area (Å²) in [5.41, 5.74) is 1.03. The minimum atomic E-state index is -0.484. The Balaban J connectivity index is 2.22. The molecule has 1 N–H and O–H groups in total. The molecule has 0 saturated carbocycles. The molecule has 0 aliphatic rings. The fourth-order valence-corrected chi connectivity index (χ4v) is 1.84. The zero-order chi connectivity index (χ0) is 14.1. The Morgan fingerprint density at radius 1 is 1.32 bits per heavy atom. The molecule has 0 radical (unpaired) electrons. The summed E-state index contributed by atoms with van der Waals surface area (Å²) in [5, 5.41) is 9.81. The van der Waals surface area contributed by atoms with E-state index in [1.165, 1.54) is 12.1 Å². The molecule has 19 heavy (non-hydrogen) atoms. The molecular weight excluding hydrogens is 245 g/mol. The maximum Gasteiger partial charge on any atom is 0.123 e. The summed E-state index contributed by atoms with van der Waals surface area (Å²) in [6.07, 6.45) is 1.64. The second-order valence-electron chi connectivity index (χ2n) is 4.91. The fraction of sp³-hybridized carbons (Fsp3) is 0.600. The SMILES string of the molecule is CCCCOCC(O)CN(C)Cc1ccc(F)cc1. The van der Waals surface area contributed by atoms with Crippen LogP contribution in [-0.2, 0) is 11.3 Å². The summed E-state index contributed by atoms with van der Waals surface area (Å²) < 4.78 is 18.1. The topological polar surface area (TPSA) is 32.7 Å². The second-order valence-corrected chi connectivity index (χ2v) is 4.91. The van der Waals surface area contributed by atoms with Crippen LogP contribution in [0.15, 0.2) is 24.3 Å². The number of benzene rings is 1. The second kappa shape index (κ2) is 9.02. The van der Waals surface area contributed by atoms with Gasteiger partial charge in [0.15, 0.2) is 0 Å². The van der Waals surface area contributed by atoms with Crippen LogP contribution in [0.4, 0.5) is 4.39 Å². The Hall–Kier alpha value is -0.970. The van der Waals surface area contributed by atoms with Crippen molar-refractivity contribution in [3.8, 4) is 0 Å². The Morgan fingerprint density at radius 3 is 2.63 bits per heavy atom. The third-order valence-electron chi connectivity index (χ3n) is 2.84. The lowest BCUT2D eigenvalue weighted by atomic mass is 10.2. The van der Waals surface area contributed by atoms with Crippen LogP contribution in [0.25, 0.3) is 0 Å². The maximum absolute atomic E-state index is 12.8. The lowest BCUT2D eigenvalue weighted by Crippen LogP contribution is -2.32. The number of halogens is 1. The van der Waals surface area contributed by atoms with Gasteiger partial charge >= 0.3 is 0 Å². The molecule has 0 fully saturated rings. The summed E-state index contributed by atoms with van der Waals surface area (Å²) in [6, 6.07) is 6.42. The number of nitrogens with zero attached hydrogens (tertiary/aromatic N) is 1. The van der Waals surface area contributed by atoms with Crippen LogP contribution in [0.5, 0.6) is 0 Å². The van der Waals surface area contributed by atoms with E-state index in [2.05, 4.69) is 6.92 Å². The number of ether oxygens (including phenoxy) is 1. The zero-order valence-corrected chi connectivity index (χ0v) is 11.8. The Labute approximate surface area is 115 Å². The third-order valence-corrected chi connectivity index (χ3v) is 2.84. The van der Waals surface area contributed by atoms with E-state index in [4.69, 9.17) is 4.74 Å². The van der Waals surface area contributed by atoms with Gasteiger partial charge in [-0.2, -0.15) is 0 Å². The molecule has 1 aromatic carbocycles. The van der Waals surface area contributed by atoms with E-state index in [0.29, 0.717) is 26.3 Å². The number of unbranched alkanes of at least 4 members (excludes halogenated alkanes) is 1. The van der Waals surface area contributed by atoms with Crippen molar-refractivity contribution in [1.29, 1.82) is 0 Å².